The predicted molar refractivity (Wildman–Crippen MR) is 115 cm³/mol. The van der Waals surface area contributed by atoms with Crippen molar-refractivity contribution in [3.8, 4) is 0 Å². The molecule has 0 N–H and O–H groups in total. The fourth-order valence-corrected chi connectivity index (χ4v) is 4.37. The van der Waals surface area contributed by atoms with Gasteiger partial charge in [0.05, 0.1) is 6.54 Å². The number of amides is 3. The van der Waals surface area contributed by atoms with Crippen molar-refractivity contribution in [2.45, 2.75) is 39.5 Å². The van der Waals surface area contributed by atoms with Crippen molar-refractivity contribution >= 4 is 17.9 Å². The summed E-state index contributed by atoms with van der Waals surface area (Å²) in [6.45, 7) is 10.3. The summed E-state index contributed by atoms with van der Waals surface area (Å²) in [6, 6.07) is 8.80. The lowest BCUT2D eigenvalue weighted by Gasteiger charge is -2.40. The maximum absolute atomic E-state index is 13.4. The summed E-state index contributed by atoms with van der Waals surface area (Å²) in [5, 5.41) is 0. The van der Waals surface area contributed by atoms with Gasteiger partial charge in [-0.2, -0.15) is 0 Å². The second-order valence-electron chi connectivity index (χ2n) is 7.95. The molecule has 8 heteroatoms. The molecule has 0 radical (unpaired) electrons. The summed E-state index contributed by atoms with van der Waals surface area (Å²) in [5.74, 6) is 0.574. The first-order valence-corrected chi connectivity index (χ1v) is 10.6. The molecule has 0 spiro atoms. The van der Waals surface area contributed by atoms with E-state index in [9.17, 15) is 9.59 Å². The van der Waals surface area contributed by atoms with Gasteiger partial charge in [0.1, 0.15) is 0 Å². The minimum absolute atomic E-state index is 0.194. The van der Waals surface area contributed by atoms with Gasteiger partial charge in [-0.15, -0.1) is 0 Å². The molecule has 2 atom stereocenters. The van der Waals surface area contributed by atoms with E-state index in [1.165, 1.54) is 4.90 Å². The van der Waals surface area contributed by atoms with Crippen LogP contribution in [0.25, 0.3) is 0 Å². The minimum atomic E-state index is -0.514. The molecule has 1 aromatic carbocycles. The molecule has 8 nitrogen and oxygen atoms in total. The van der Waals surface area contributed by atoms with Gasteiger partial charge in [-0.25, -0.2) is 9.79 Å². The van der Waals surface area contributed by atoms with Gasteiger partial charge in [-0.05, 0) is 25.6 Å². The Morgan fingerprint density at radius 3 is 2.43 bits per heavy atom. The first-order valence-electron chi connectivity index (χ1n) is 10.6. The summed E-state index contributed by atoms with van der Waals surface area (Å²) in [4.78, 5) is 40.6. The molecule has 1 aromatic rings. The second-order valence-corrected chi connectivity index (χ2v) is 7.95. The molecule has 2 unspecified atom stereocenters. The number of allylic oxidation sites excluding steroid dienone is 1. The molecule has 4 rings (SSSR count). The molecule has 1 fully saturated rings. The normalized spacial score (nSPS) is 23.2. The Kier molecular flexibility index (Phi) is 5.51. The molecule has 30 heavy (non-hydrogen) atoms. The van der Waals surface area contributed by atoms with Crippen LogP contribution >= 0.6 is 0 Å². The van der Waals surface area contributed by atoms with Crippen molar-refractivity contribution in [2.75, 3.05) is 33.2 Å². The number of hydrogen-bond acceptors (Lipinski definition) is 6. The maximum atomic E-state index is 13.4. The second kappa shape index (κ2) is 8.10. The summed E-state index contributed by atoms with van der Waals surface area (Å²) in [6.07, 6.45) is 1.50. The monoisotopic (exact) mass is 410 g/mol. The van der Waals surface area contributed by atoms with E-state index in [4.69, 9.17) is 4.99 Å². The molecule has 160 valence electrons. The molecular formula is C22H30N6O2. The van der Waals surface area contributed by atoms with E-state index in [1.807, 2.05) is 48.4 Å². The Hall–Kier alpha value is -2.87. The van der Waals surface area contributed by atoms with Crippen molar-refractivity contribution in [3.05, 3.63) is 47.8 Å². The van der Waals surface area contributed by atoms with Crippen LogP contribution in [-0.4, -0.2) is 87.8 Å². The van der Waals surface area contributed by atoms with Crippen molar-refractivity contribution in [1.29, 1.82) is 0 Å². The molecule has 3 heterocycles. The van der Waals surface area contributed by atoms with Gasteiger partial charge in [0.15, 0.2) is 12.2 Å². The lowest BCUT2D eigenvalue weighted by atomic mass is 10.1. The van der Waals surface area contributed by atoms with E-state index in [2.05, 4.69) is 23.6 Å². The number of rotatable bonds is 7. The quantitative estimate of drug-likeness (QED) is 0.688. The number of guanidine groups is 1. The summed E-state index contributed by atoms with van der Waals surface area (Å²) < 4.78 is 0. The van der Waals surface area contributed by atoms with Crippen LogP contribution in [0, 0.1) is 0 Å². The van der Waals surface area contributed by atoms with E-state index < -0.39 is 12.2 Å². The Morgan fingerprint density at radius 2 is 1.77 bits per heavy atom. The number of carbonyl (C=O) groups excluding carboxylic acids is 2. The van der Waals surface area contributed by atoms with Gasteiger partial charge in [0.25, 0.3) is 5.91 Å². The molecule has 3 amide bonds. The number of aliphatic imine (C=N–C) groups is 1. The lowest BCUT2D eigenvalue weighted by molar-refractivity contribution is -0.137. The van der Waals surface area contributed by atoms with Gasteiger partial charge in [-0.3, -0.25) is 9.69 Å². The summed E-state index contributed by atoms with van der Waals surface area (Å²) in [5.41, 5.74) is 2.00. The summed E-state index contributed by atoms with van der Waals surface area (Å²) >= 11 is 0. The van der Waals surface area contributed by atoms with Crippen LogP contribution in [0.2, 0.25) is 0 Å². The Morgan fingerprint density at radius 1 is 1.07 bits per heavy atom. The zero-order valence-corrected chi connectivity index (χ0v) is 18.2. The smallest absolute Gasteiger partial charge is 0.313 e. The highest BCUT2D eigenvalue weighted by Gasteiger charge is 2.54. The van der Waals surface area contributed by atoms with E-state index in [0.29, 0.717) is 0 Å². The van der Waals surface area contributed by atoms with Crippen LogP contribution in [0.15, 0.2) is 47.2 Å². The highest BCUT2D eigenvalue weighted by atomic mass is 16.2. The van der Waals surface area contributed by atoms with Crippen LogP contribution in [-0.2, 0) is 11.3 Å². The van der Waals surface area contributed by atoms with Gasteiger partial charge in [0.2, 0.25) is 5.96 Å². The van der Waals surface area contributed by atoms with Crippen molar-refractivity contribution in [2.24, 2.45) is 4.99 Å². The van der Waals surface area contributed by atoms with Crippen molar-refractivity contribution in [3.63, 3.8) is 0 Å². The molecule has 3 aliphatic rings. The zero-order valence-electron chi connectivity index (χ0n) is 18.2. The number of carbonyl (C=O) groups is 2. The molecule has 3 aliphatic heterocycles. The minimum Gasteiger partial charge on any atom is -0.313 e. The van der Waals surface area contributed by atoms with Crippen LogP contribution in [0.4, 0.5) is 4.79 Å². The fourth-order valence-electron chi connectivity index (χ4n) is 4.37. The first-order chi connectivity index (χ1) is 14.5. The predicted octanol–water partition coefficient (Wildman–Crippen LogP) is 1.97. The number of urea groups is 1. The van der Waals surface area contributed by atoms with E-state index in [1.54, 1.807) is 11.9 Å². The molecule has 0 aromatic heterocycles. The van der Waals surface area contributed by atoms with Gasteiger partial charge >= 0.3 is 6.03 Å². The number of likely N-dealkylation sites (N-methyl/N-ethyl adjacent to an activating group) is 2. The number of nitrogens with zero attached hydrogens (tertiary/aromatic N) is 6. The topological polar surface area (TPSA) is 62.7 Å². The highest BCUT2D eigenvalue weighted by molar-refractivity contribution is 6.04. The van der Waals surface area contributed by atoms with Crippen LogP contribution in [0.3, 0.4) is 0 Å². The largest absolute Gasteiger partial charge is 0.328 e. The van der Waals surface area contributed by atoms with Gasteiger partial charge in [0, 0.05) is 32.0 Å². The number of imide groups is 1. The summed E-state index contributed by atoms with van der Waals surface area (Å²) in [7, 11) is 1.73. The van der Waals surface area contributed by atoms with Crippen molar-refractivity contribution in [1.82, 2.24) is 24.5 Å². The number of hydrogen-bond donors (Lipinski definition) is 0. The van der Waals surface area contributed by atoms with E-state index in [0.717, 1.165) is 43.4 Å². The van der Waals surface area contributed by atoms with E-state index >= 15 is 0 Å². The third-order valence-electron chi connectivity index (χ3n) is 6.22. The van der Waals surface area contributed by atoms with Gasteiger partial charge < -0.3 is 19.6 Å². The average molecular weight is 411 g/mol. The Labute approximate surface area is 178 Å². The highest BCUT2D eigenvalue weighted by Crippen LogP contribution is 2.34. The molecule has 0 bridgehead atoms. The third-order valence-corrected chi connectivity index (χ3v) is 6.22. The molecular weight excluding hydrogens is 380 g/mol. The third kappa shape index (κ3) is 3.35. The molecule has 0 aliphatic carbocycles. The molecule has 0 saturated carbocycles. The fraction of sp³-hybridized carbons (Fsp3) is 0.500. The van der Waals surface area contributed by atoms with Crippen molar-refractivity contribution < 1.29 is 9.59 Å². The first kappa shape index (κ1) is 20.4. The van der Waals surface area contributed by atoms with Crippen LogP contribution in [0.5, 0.6) is 0 Å². The maximum Gasteiger partial charge on any atom is 0.328 e. The standard InChI is InChI=1S/C22H30N6O2/c1-5-25(6-2)12-13-26-16(3)14-27-18-19(23-21(26)27)24(4)22(30)28(20(18)29)15-17-10-8-7-9-11-17/h7-11,14,18-19H,5-6,12-13,15H2,1-4H3. The number of fused-ring (bicyclic) bond motifs is 3. The SMILES string of the molecule is CCN(CC)CCN1C(C)=CN2C1=NC1C2C(=O)N(Cc2ccccc2)C(=O)N1C. The lowest BCUT2D eigenvalue weighted by Crippen LogP contribution is -2.63. The Bertz CT molecular complexity index is 879. The molecule has 1 saturated heterocycles. The Balaban J connectivity index is 1.55. The van der Waals surface area contributed by atoms with Crippen LogP contribution in [0.1, 0.15) is 26.3 Å². The average Bonchev–Trinajstić information content (AvgIpc) is 3.26. The zero-order chi connectivity index (χ0) is 21.4. The van der Waals surface area contributed by atoms with E-state index in [-0.39, 0.29) is 18.5 Å². The van der Waals surface area contributed by atoms with Crippen LogP contribution < -0.4 is 0 Å². The number of benzene rings is 1. The van der Waals surface area contributed by atoms with Gasteiger partial charge in [-0.1, -0.05) is 44.2 Å².